The molecule has 1 aliphatic rings. The fourth-order valence-electron chi connectivity index (χ4n) is 2.14. The van der Waals surface area contributed by atoms with Crippen molar-refractivity contribution >= 4 is 17.4 Å². The van der Waals surface area contributed by atoms with Gasteiger partial charge in [-0.1, -0.05) is 17.7 Å². The summed E-state index contributed by atoms with van der Waals surface area (Å²) in [6.07, 6.45) is 2.67. The minimum absolute atomic E-state index is 0.407. The summed E-state index contributed by atoms with van der Waals surface area (Å²) in [6, 6.07) is 6.06. The molecule has 88 valence electrons. The molecule has 0 spiro atoms. The maximum atomic E-state index is 5.84. The maximum Gasteiger partial charge on any atom is 0.131 e. The van der Waals surface area contributed by atoms with Gasteiger partial charge in [0.05, 0.1) is 0 Å². The van der Waals surface area contributed by atoms with Crippen LogP contribution in [0.15, 0.2) is 18.2 Å². The molecule has 1 aromatic heterocycles. The van der Waals surface area contributed by atoms with Gasteiger partial charge >= 0.3 is 0 Å². The van der Waals surface area contributed by atoms with E-state index in [9.17, 15) is 0 Å². The third kappa shape index (κ3) is 3.35. The van der Waals surface area contributed by atoms with E-state index >= 15 is 0 Å². The molecule has 0 bridgehead atoms. The number of rotatable bonds is 4. The lowest BCUT2D eigenvalue weighted by Gasteiger charge is -2.21. The molecule has 1 fully saturated rings. The summed E-state index contributed by atoms with van der Waals surface area (Å²) in [5, 5.41) is 3.91. The molecule has 4 heteroatoms. The second-order valence-electron chi connectivity index (χ2n) is 4.40. The average Bonchev–Trinajstić information content (AvgIpc) is 2.70. The van der Waals surface area contributed by atoms with E-state index in [2.05, 4.69) is 22.1 Å². The Kier molecular flexibility index (Phi) is 4.02. The molecular weight excluding hydrogens is 222 g/mol. The van der Waals surface area contributed by atoms with Gasteiger partial charge < -0.3 is 10.2 Å². The van der Waals surface area contributed by atoms with Crippen LogP contribution in [0.3, 0.4) is 0 Å². The quantitative estimate of drug-likeness (QED) is 0.819. The minimum atomic E-state index is 0.407. The summed E-state index contributed by atoms with van der Waals surface area (Å²) < 4.78 is 0. The Hall–Kier alpha value is -0.800. The number of nitrogens with one attached hydrogen (secondary N) is 1. The van der Waals surface area contributed by atoms with E-state index < -0.39 is 0 Å². The van der Waals surface area contributed by atoms with Gasteiger partial charge in [0.2, 0.25) is 0 Å². The fraction of sp³-hybridized carbons (Fsp3) is 0.583. The average molecular weight is 240 g/mol. The van der Waals surface area contributed by atoms with Crippen LogP contribution in [0.25, 0.3) is 0 Å². The number of hydrogen-bond acceptors (Lipinski definition) is 3. The van der Waals surface area contributed by atoms with Crippen LogP contribution in [0.4, 0.5) is 5.82 Å². The van der Waals surface area contributed by atoms with Gasteiger partial charge in [0.1, 0.15) is 11.0 Å². The van der Waals surface area contributed by atoms with E-state index in [0.717, 1.165) is 12.4 Å². The van der Waals surface area contributed by atoms with Gasteiger partial charge in [-0.25, -0.2) is 4.98 Å². The molecule has 0 radical (unpaired) electrons. The summed E-state index contributed by atoms with van der Waals surface area (Å²) in [5.74, 6) is 0.860. The Balaban J connectivity index is 1.84. The van der Waals surface area contributed by atoms with Crippen LogP contribution in [0, 0.1) is 0 Å². The first kappa shape index (κ1) is 11.7. The Labute approximate surface area is 102 Å². The molecule has 1 saturated heterocycles. The second-order valence-corrected chi connectivity index (χ2v) is 4.79. The molecule has 0 saturated carbocycles. The molecule has 0 amide bonds. The molecule has 1 aromatic rings. The normalized spacial score (nSPS) is 18.6. The molecule has 0 aromatic carbocycles. The first-order valence-electron chi connectivity index (χ1n) is 5.85. The third-order valence-corrected chi connectivity index (χ3v) is 3.05. The van der Waals surface area contributed by atoms with E-state index in [1.807, 2.05) is 12.1 Å². The molecule has 1 N–H and O–H groups in total. The van der Waals surface area contributed by atoms with Crippen LogP contribution < -0.4 is 5.32 Å². The summed E-state index contributed by atoms with van der Waals surface area (Å²) in [5.41, 5.74) is 0. The highest BCUT2D eigenvalue weighted by Crippen LogP contribution is 2.12. The molecule has 3 nitrogen and oxygen atoms in total. The molecule has 1 aliphatic heterocycles. The number of likely N-dealkylation sites (tertiary alicyclic amines) is 1. The first-order chi connectivity index (χ1) is 7.74. The van der Waals surface area contributed by atoms with E-state index in [1.165, 1.54) is 25.9 Å². The maximum absolute atomic E-state index is 5.84. The summed E-state index contributed by atoms with van der Waals surface area (Å²) >= 11 is 5.84. The van der Waals surface area contributed by atoms with Crippen molar-refractivity contribution in [1.82, 2.24) is 9.88 Å². The lowest BCUT2D eigenvalue weighted by molar-refractivity contribution is 0.327. The molecule has 2 rings (SSSR count). The van der Waals surface area contributed by atoms with E-state index in [-0.39, 0.29) is 0 Å². The zero-order valence-electron chi connectivity index (χ0n) is 9.62. The van der Waals surface area contributed by atoms with Crippen molar-refractivity contribution in [1.29, 1.82) is 0 Å². The highest BCUT2D eigenvalue weighted by molar-refractivity contribution is 6.29. The van der Waals surface area contributed by atoms with Crippen molar-refractivity contribution in [3.05, 3.63) is 23.4 Å². The van der Waals surface area contributed by atoms with E-state index in [4.69, 9.17) is 11.6 Å². The fourth-order valence-corrected chi connectivity index (χ4v) is 2.30. The summed E-state index contributed by atoms with van der Waals surface area (Å²) in [4.78, 5) is 6.71. The predicted molar refractivity (Wildman–Crippen MR) is 68.0 cm³/mol. The van der Waals surface area contributed by atoms with Gasteiger partial charge in [0.25, 0.3) is 0 Å². The van der Waals surface area contributed by atoms with Crippen LogP contribution in [0.2, 0.25) is 5.15 Å². The van der Waals surface area contributed by atoms with E-state index in [1.54, 1.807) is 6.07 Å². The standard InChI is InChI=1S/C12H18ClN3/c1-10(9-16-7-2-3-8-16)14-12-6-4-5-11(13)15-12/h4-6,10H,2-3,7-9H2,1H3,(H,14,15). The van der Waals surface area contributed by atoms with Crippen molar-refractivity contribution in [2.75, 3.05) is 25.0 Å². The van der Waals surface area contributed by atoms with Crippen LogP contribution in [0.5, 0.6) is 0 Å². The van der Waals surface area contributed by atoms with Crippen molar-refractivity contribution < 1.29 is 0 Å². The Morgan fingerprint density at radius 1 is 1.44 bits per heavy atom. The lowest BCUT2D eigenvalue weighted by Crippen LogP contribution is -2.33. The summed E-state index contributed by atoms with van der Waals surface area (Å²) in [6.45, 7) is 5.72. The second kappa shape index (κ2) is 5.51. The number of pyridine rings is 1. The predicted octanol–water partition coefficient (Wildman–Crippen LogP) is 2.63. The van der Waals surface area contributed by atoms with Gasteiger partial charge in [-0.3, -0.25) is 0 Å². The largest absolute Gasteiger partial charge is 0.366 e. The van der Waals surface area contributed by atoms with Gasteiger partial charge in [-0.2, -0.15) is 0 Å². The first-order valence-corrected chi connectivity index (χ1v) is 6.23. The zero-order valence-corrected chi connectivity index (χ0v) is 10.4. The smallest absolute Gasteiger partial charge is 0.131 e. The Morgan fingerprint density at radius 2 is 2.19 bits per heavy atom. The SMILES string of the molecule is CC(CN1CCCC1)Nc1cccc(Cl)n1. The van der Waals surface area contributed by atoms with Crippen molar-refractivity contribution in [3.8, 4) is 0 Å². The third-order valence-electron chi connectivity index (χ3n) is 2.84. The number of halogens is 1. The number of anilines is 1. The molecule has 16 heavy (non-hydrogen) atoms. The van der Waals surface area contributed by atoms with E-state index in [0.29, 0.717) is 11.2 Å². The van der Waals surface area contributed by atoms with Gasteiger partial charge in [-0.15, -0.1) is 0 Å². The number of aromatic nitrogens is 1. The molecule has 1 atom stereocenters. The van der Waals surface area contributed by atoms with Gasteiger partial charge in [0, 0.05) is 12.6 Å². The topological polar surface area (TPSA) is 28.2 Å². The number of hydrogen-bond donors (Lipinski definition) is 1. The highest BCUT2D eigenvalue weighted by Gasteiger charge is 2.14. The van der Waals surface area contributed by atoms with Crippen molar-refractivity contribution in [2.45, 2.75) is 25.8 Å². The summed E-state index contributed by atoms with van der Waals surface area (Å²) in [7, 11) is 0. The number of nitrogens with zero attached hydrogens (tertiary/aromatic N) is 2. The minimum Gasteiger partial charge on any atom is -0.366 e. The molecular formula is C12H18ClN3. The van der Waals surface area contributed by atoms with Gasteiger partial charge in [0.15, 0.2) is 0 Å². The van der Waals surface area contributed by atoms with Crippen LogP contribution in [0.1, 0.15) is 19.8 Å². The highest BCUT2D eigenvalue weighted by atomic mass is 35.5. The van der Waals surface area contributed by atoms with Crippen molar-refractivity contribution in [3.63, 3.8) is 0 Å². The molecule has 2 heterocycles. The zero-order chi connectivity index (χ0) is 11.4. The molecule has 1 unspecified atom stereocenters. The molecule has 0 aliphatic carbocycles. The monoisotopic (exact) mass is 239 g/mol. The van der Waals surface area contributed by atoms with Crippen LogP contribution in [-0.4, -0.2) is 35.6 Å². The van der Waals surface area contributed by atoms with Crippen LogP contribution >= 0.6 is 11.6 Å². The Bertz CT molecular complexity index is 337. The van der Waals surface area contributed by atoms with Crippen LogP contribution in [-0.2, 0) is 0 Å². The Morgan fingerprint density at radius 3 is 2.88 bits per heavy atom. The lowest BCUT2D eigenvalue weighted by atomic mass is 10.3. The van der Waals surface area contributed by atoms with Crippen molar-refractivity contribution in [2.24, 2.45) is 0 Å². The van der Waals surface area contributed by atoms with Gasteiger partial charge in [-0.05, 0) is 45.0 Å².